The number of benzene rings is 3. The number of nitro groups is 1. The van der Waals surface area contributed by atoms with Gasteiger partial charge in [0.15, 0.2) is 5.69 Å². The van der Waals surface area contributed by atoms with Crippen LogP contribution in [-0.2, 0) is 33.8 Å². The number of nitro benzene ring substituents is 1. The predicted molar refractivity (Wildman–Crippen MR) is 190 cm³/mol. The number of carboxylic acid groups (broad SMARTS) is 1. The maximum absolute atomic E-state index is 13.6. The van der Waals surface area contributed by atoms with E-state index < -0.39 is 41.0 Å². The molecule has 290 valence electrons. The Labute approximate surface area is 315 Å². The normalized spacial score (nSPS) is 11.6. The number of nitrogens with one attached hydrogen (secondary N) is 3. The van der Waals surface area contributed by atoms with Crippen LogP contribution in [0.15, 0.2) is 85.2 Å². The maximum atomic E-state index is 13.6. The lowest BCUT2D eigenvalue weighted by Gasteiger charge is -2.19. The zero-order chi connectivity index (χ0) is 40.4. The van der Waals surface area contributed by atoms with Crippen molar-refractivity contribution in [3.63, 3.8) is 0 Å². The maximum Gasteiger partial charge on any atom is 0.430 e. The molecule has 2 heterocycles. The molecule has 0 spiro atoms. The lowest BCUT2D eigenvalue weighted by Crippen LogP contribution is -2.49. The number of hydrogen-bond acceptors (Lipinski definition) is 10. The fraction of sp³-hybridized carbons (Fsp3) is 0.250. The van der Waals surface area contributed by atoms with Crippen molar-refractivity contribution in [2.75, 3.05) is 5.32 Å². The quantitative estimate of drug-likeness (QED) is 0.0619. The zero-order valence-electron chi connectivity index (χ0n) is 29.5. The number of phenolic OH excluding ortho intramolecular Hbond substituents is 1. The van der Waals surface area contributed by atoms with Crippen molar-refractivity contribution in [1.82, 2.24) is 15.2 Å². The van der Waals surface area contributed by atoms with Crippen molar-refractivity contribution >= 4 is 51.5 Å². The van der Waals surface area contributed by atoms with Crippen LogP contribution in [0.2, 0.25) is 0 Å². The van der Waals surface area contributed by atoms with Crippen LogP contribution in [0.1, 0.15) is 45.9 Å². The SMILES string of the molecule is Cc1c[n+]2cc(CNC(=O)[C@H](Cc3ccc(O)cc3)NC(=O)Nc3ccc(C(=O)OC(C)C)cc3)n(Cc3ccc([N+](=O)[O-])cc3)c2s1.O=C([O-])C(F)(F)F. The van der Waals surface area contributed by atoms with Gasteiger partial charge in [-0.25, -0.2) is 14.2 Å². The number of anilines is 1. The molecule has 15 nitrogen and oxygen atoms in total. The van der Waals surface area contributed by atoms with Crippen molar-refractivity contribution in [2.24, 2.45) is 0 Å². The number of thiazole rings is 1. The van der Waals surface area contributed by atoms with Crippen LogP contribution >= 0.6 is 11.3 Å². The number of aliphatic carboxylic acids is 1. The number of hydrogen-bond donors (Lipinski definition) is 4. The van der Waals surface area contributed by atoms with Crippen LogP contribution in [0, 0.1) is 17.0 Å². The third kappa shape index (κ3) is 12.0. The average molecular weight is 785 g/mol. The standard InChI is InChI=1S/C34H34N6O7S.C2HF3O2/c1-21(2)47-32(43)25-8-10-26(11-9-25)36-33(44)37-30(16-23-6-14-29(41)15-7-23)31(42)35-17-28-20-38-18-22(3)48-34(38)39(28)19-24-4-12-27(13-5-24)40(45)46;3-2(4,5)1(6)7/h4-15,18,20-21,30H,16-17,19H2,1-3H3,(H3-,35,36,37,41,42,43,44);(H,6,7)/t30-;/m0./s1. The van der Waals surface area contributed by atoms with E-state index in [1.54, 1.807) is 61.6 Å². The van der Waals surface area contributed by atoms with E-state index in [2.05, 4.69) is 16.0 Å². The second kappa shape index (κ2) is 18.0. The smallest absolute Gasteiger partial charge is 0.430 e. The summed E-state index contributed by atoms with van der Waals surface area (Å²) in [6.45, 7) is 6.07. The Balaban J connectivity index is 0.000000876. The lowest BCUT2D eigenvalue weighted by atomic mass is 10.0. The molecule has 5 aromatic rings. The monoisotopic (exact) mass is 784 g/mol. The van der Waals surface area contributed by atoms with E-state index in [0.717, 1.165) is 21.1 Å². The molecule has 0 aliphatic carbocycles. The van der Waals surface area contributed by atoms with Gasteiger partial charge in [-0.15, -0.1) is 0 Å². The van der Waals surface area contributed by atoms with Crippen LogP contribution in [-0.4, -0.2) is 56.8 Å². The van der Waals surface area contributed by atoms with Gasteiger partial charge in [0.1, 0.15) is 36.7 Å². The Hall–Kier alpha value is -6.50. The van der Waals surface area contributed by atoms with Crippen molar-refractivity contribution in [2.45, 2.75) is 58.6 Å². The summed E-state index contributed by atoms with van der Waals surface area (Å²) in [5.41, 5.74) is 3.11. The molecular weight excluding hydrogens is 749 g/mol. The van der Waals surface area contributed by atoms with Crippen LogP contribution in [0.3, 0.4) is 0 Å². The highest BCUT2D eigenvalue weighted by atomic mass is 32.1. The van der Waals surface area contributed by atoms with E-state index >= 15 is 0 Å². The largest absolute Gasteiger partial charge is 0.542 e. The van der Waals surface area contributed by atoms with Gasteiger partial charge < -0.3 is 35.7 Å². The second-order valence-corrected chi connectivity index (χ2v) is 13.4. The summed E-state index contributed by atoms with van der Waals surface area (Å²) in [6, 6.07) is 17.3. The van der Waals surface area contributed by atoms with E-state index in [1.807, 2.05) is 28.3 Å². The number of urea groups is 1. The molecule has 3 amide bonds. The molecule has 1 atom stereocenters. The number of fused-ring (bicyclic) bond motifs is 1. The number of esters is 1. The van der Waals surface area contributed by atoms with Gasteiger partial charge in [0.2, 0.25) is 5.91 Å². The number of non-ortho nitro benzene ring substituents is 1. The number of imidazole rings is 1. The molecule has 0 saturated carbocycles. The van der Waals surface area contributed by atoms with Crippen molar-refractivity contribution in [1.29, 1.82) is 0 Å². The Bertz CT molecular complexity index is 2150. The average Bonchev–Trinajstić information content (AvgIpc) is 3.63. The molecule has 2 aromatic heterocycles. The molecule has 3 aromatic carbocycles. The molecule has 19 heteroatoms. The highest BCUT2D eigenvalue weighted by Crippen LogP contribution is 2.20. The summed E-state index contributed by atoms with van der Waals surface area (Å²) in [7, 11) is 0. The van der Waals surface area contributed by atoms with E-state index in [4.69, 9.17) is 14.6 Å². The third-order valence-electron chi connectivity index (χ3n) is 7.54. The van der Waals surface area contributed by atoms with E-state index in [1.165, 1.54) is 36.4 Å². The van der Waals surface area contributed by atoms with E-state index in [-0.39, 0.29) is 30.5 Å². The molecule has 5 rings (SSSR count). The fourth-order valence-corrected chi connectivity index (χ4v) is 5.96. The number of rotatable bonds is 12. The van der Waals surface area contributed by atoms with Crippen molar-refractivity contribution in [3.05, 3.63) is 123 Å². The van der Waals surface area contributed by atoms with Gasteiger partial charge in [-0.05, 0) is 80.4 Å². The number of carboxylic acids is 1. The summed E-state index contributed by atoms with van der Waals surface area (Å²) in [6.07, 6.45) is -1.42. The van der Waals surface area contributed by atoms with Crippen LogP contribution in [0.25, 0.3) is 4.96 Å². The Morgan fingerprint density at radius 2 is 1.56 bits per heavy atom. The molecule has 0 saturated heterocycles. The number of aromatic hydroxyl groups is 1. The number of nitrogens with zero attached hydrogens (tertiary/aromatic N) is 3. The number of aryl methyl sites for hydroxylation is 1. The second-order valence-electron chi connectivity index (χ2n) is 12.2. The number of carbonyl (C=O) groups is 4. The summed E-state index contributed by atoms with van der Waals surface area (Å²) in [5.74, 6) is -3.84. The van der Waals surface area contributed by atoms with Gasteiger partial charge in [0.05, 0.1) is 23.1 Å². The minimum atomic E-state index is -5.19. The fourth-order valence-electron chi connectivity index (χ4n) is 5.01. The molecule has 0 aliphatic rings. The van der Waals surface area contributed by atoms with Gasteiger partial charge in [0, 0.05) is 29.1 Å². The number of halogens is 3. The minimum absolute atomic E-state index is 0.00444. The molecule has 55 heavy (non-hydrogen) atoms. The predicted octanol–water partition coefficient (Wildman–Crippen LogP) is 4.17. The Morgan fingerprint density at radius 3 is 2.13 bits per heavy atom. The molecule has 4 N–H and O–H groups in total. The molecule has 0 radical (unpaired) electrons. The van der Waals surface area contributed by atoms with Gasteiger partial charge in [-0.3, -0.25) is 14.9 Å². The van der Waals surface area contributed by atoms with Crippen molar-refractivity contribution < 1.29 is 56.6 Å². The molecule has 0 aliphatic heterocycles. The lowest BCUT2D eigenvalue weighted by molar-refractivity contribution is -0.506. The Morgan fingerprint density at radius 1 is 0.964 bits per heavy atom. The first-order chi connectivity index (χ1) is 25.9. The summed E-state index contributed by atoms with van der Waals surface area (Å²) in [5, 5.41) is 38.0. The number of ether oxygens (including phenoxy) is 1. The van der Waals surface area contributed by atoms with E-state index in [0.29, 0.717) is 23.4 Å². The highest BCUT2D eigenvalue weighted by Gasteiger charge is 2.29. The van der Waals surface area contributed by atoms with Gasteiger partial charge >= 0.3 is 23.1 Å². The summed E-state index contributed by atoms with van der Waals surface area (Å²) >= 11 is 1.58. The number of aromatic nitrogens is 2. The summed E-state index contributed by atoms with van der Waals surface area (Å²) in [4.78, 5) is 60.3. The van der Waals surface area contributed by atoms with Gasteiger partial charge in [0.25, 0.3) is 5.69 Å². The highest BCUT2D eigenvalue weighted by molar-refractivity contribution is 7.16. The van der Waals surface area contributed by atoms with Gasteiger partial charge in [-0.2, -0.15) is 17.6 Å². The first kappa shape index (κ1) is 41.3. The number of alkyl halides is 3. The van der Waals surface area contributed by atoms with Crippen LogP contribution < -0.4 is 25.5 Å². The topological polar surface area (TPSA) is 209 Å². The number of amides is 3. The van der Waals surface area contributed by atoms with Gasteiger partial charge in [-0.1, -0.05) is 23.5 Å². The number of carbonyl (C=O) groups excluding carboxylic acids is 4. The summed E-state index contributed by atoms with van der Waals surface area (Å²) < 4.78 is 40.8. The zero-order valence-corrected chi connectivity index (χ0v) is 30.3. The first-order valence-corrected chi connectivity index (χ1v) is 17.2. The molecule has 0 bridgehead atoms. The van der Waals surface area contributed by atoms with Crippen LogP contribution in [0.5, 0.6) is 5.75 Å². The molecule has 0 fully saturated rings. The third-order valence-corrected chi connectivity index (χ3v) is 8.58. The first-order valence-electron chi connectivity index (χ1n) is 16.3. The van der Waals surface area contributed by atoms with Crippen LogP contribution in [0.4, 0.5) is 29.3 Å². The number of phenols is 1. The minimum Gasteiger partial charge on any atom is -0.542 e. The van der Waals surface area contributed by atoms with Crippen molar-refractivity contribution in [3.8, 4) is 5.75 Å². The van der Waals surface area contributed by atoms with E-state index in [9.17, 15) is 42.8 Å². The molecular formula is C36H35F3N6O9S. The molecule has 0 unspecified atom stereocenters. The Kier molecular flexibility index (Phi) is 13.5.